The molecule has 0 atom stereocenters. The second kappa shape index (κ2) is 6.16. The maximum atomic E-state index is 10.7. The van der Waals surface area contributed by atoms with Crippen LogP contribution in [0.4, 0.5) is 0 Å². The molecule has 0 heterocycles. The molecule has 0 radical (unpaired) electrons. The van der Waals surface area contributed by atoms with Crippen molar-refractivity contribution in [1.82, 2.24) is 0 Å². The van der Waals surface area contributed by atoms with Crippen molar-refractivity contribution < 1.29 is 24.2 Å². The largest absolute Gasteiger partial charge is 0.475 e. The number of hydrogen-bond acceptors (Lipinski definition) is 4. The van der Waals surface area contributed by atoms with Crippen molar-refractivity contribution in [1.29, 1.82) is 0 Å². The van der Waals surface area contributed by atoms with E-state index in [-0.39, 0.29) is 6.61 Å². The average Bonchev–Trinajstić information content (AvgIpc) is 2.04. The molecular formula is C8H12O5. The number of ether oxygens (including phenoxy) is 1. The Morgan fingerprint density at radius 1 is 1.31 bits per heavy atom. The fourth-order valence-corrected chi connectivity index (χ4v) is 0.588. The topological polar surface area (TPSA) is 80.7 Å². The lowest BCUT2D eigenvalue weighted by Crippen LogP contribution is -2.18. The van der Waals surface area contributed by atoms with Crippen LogP contribution in [0.2, 0.25) is 0 Å². The van der Waals surface area contributed by atoms with Crippen molar-refractivity contribution in [3.8, 4) is 0 Å². The maximum absolute atomic E-state index is 10.7. The Kier molecular flexibility index (Phi) is 5.50. The van der Waals surface area contributed by atoms with Crippen molar-refractivity contribution in [2.24, 2.45) is 0 Å². The molecule has 0 aliphatic heterocycles. The number of rotatable bonds is 6. The van der Waals surface area contributed by atoms with Gasteiger partial charge in [0.15, 0.2) is 0 Å². The van der Waals surface area contributed by atoms with Gasteiger partial charge >= 0.3 is 11.9 Å². The van der Waals surface area contributed by atoms with Gasteiger partial charge in [-0.3, -0.25) is 9.59 Å². The summed E-state index contributed by atoms with van der Waals surface area (Å²) in [4.78, 5) is 31.2. The van der Waals surface area contributed by atoms with Crippen LogP contribution in [0.3, 0.4) is 0 Å². The van der Waals surface area contributed by atoms with E-state index in [0.717, 1.165) is 6.42 Å². The van der Waals surface area contributed by atoms with Crippen molar-refractivity contribution in [2.45, 2.75) is 26.2 Å². The minimum Gasteiger partial charge on any atom is -0.475 e. The van der Waals surface area contributed by atoms with Crippen LogP contribution < -0.4 is 0 Å². The minimum absolute atomic E-state index is 0.238. The Labute approximate surface area is 75.7 Å². The first kappa shape index (κ1) is 11.6. The van der Waals surface area contributed by atoms with E-state index in [1.165, 1.54) is 0 Å². The Bertz CT molecular complexity index is 209. The van der Waals surface area contributed by atoms with Gasteiger partial charge in [-0.15, -0.1) is 0 Å². The quantitative estimate of drug-likeness (QED) is 0.282. The zero-order valence-corrected chi connectivity index (χ0v) is 7.41. The third-order valence-corrected chi connectivity index (χ3v) is 1.30. The zero-order chi connectivity index (χ0) is 10.3. The molecule has 0 unspecified atom stereocenters. The highest BCUT2D eigenvalue weighted by Gasteiger charge is 2.16. The zero-order valence-electron chi connectivity index (χ0n) is 7.41. The Hall–Kier alpha value is -1.39. The minimum atomic E-state index is -1.60. The third kappa shape index (κ3) is 5.84. The van der Waals surface area contributed by atoms with Crippen LogP contribution in [0, 0.1) is 0 Å². The highest BCUT2D eigenvalue weighted by Crippen LogP contribution is 1.93. The lowest BCUT2D eigenvalue weighted by molar-refractivity contribution is -0.154. The van der Waals surface area contributed by atoms with E-state index >= 15 is 0 Å². The molecule has 0 spiro atoms. The number of Topliss-reactive ketones (excluding diaryl/α,β-unsaturated/α-hetero) is 1. The van der Waals surface area contributed by atoms with E-state index in [1.54, 1.807) is 0 Å². The van der Waals surface area contributed by atoms with Crippen LogP contribution in [0.5, 0.6) is 0 Å². The van der Waals surface area contributed by atoms with Crippen molar-refractivity contribution in [2.75, 3.05) is 6.61 Å². The number of carbonyl (C=O) groups excluding carboxylic acids is 2. The number of ketones is 1. The van der Waals surface area contributed by atoms with Gasteiger partial charge in [-0.25, -0.2) is 4.79 Å². The highest BCUT2D eigenvalue weighted by atomic mass is 16.5. The molecule has 1 N–H and O–H groups in total. The summed E-state index contributed by atoms with van der Waals surface area (Å²) in [7, 11) is 0. The number of unbranched alkanes of at least 4 members (excludes halogenated alkanes) is 1. The van der Waals surface area contributed by atoms with Gasteiger partial charge in [-0.05, 0) is 6.42 Å². The van der Waals surface area contributed by atoms with Gasteiger partial charge in [0, 0.05) is 0 Å². The van der Waals surface area contributed by atoms with E-state index in [1.807, 2.05) is 6.92 Å². The molecule has 0 fully saturated rings. The van der Waals surface area contributed by atoms with E-state index in [4.69, 9.17) is 5.11 Å². The molecule has 0 bridgehead atoms. The lowest BCUT2D eigenvalue weighted by Gasteiger charge is -2.00. The van der Waals surface area contributed by atoms with Crippen molar-refractivity contribution in [3.05, 3.63) is 0 Å². The molecule has 5 heteroatoms. The first-order valence-corrected chi connectivity index (χ1v) is 3.99. The Morgan fingerprint density at radius 2 is 1.92 bits per heavy atom. The molecular weight excluding hydrogens is 176 g/mol. The molecule has 0 aromatic carbocycles. The van der Waals surface area contributed by atoms with Gasteiger partial charge in [0.25, 0.3) is 5.78 Å². The fraction of sp³-hybridized carbons (Fsp3) is 0.625. The Morgan fingerprint density at radius 3 is 2.38 bits per heavy atom. The van der Waals surface area contributed by atoms with Crippen LogP contribution in [0.15, 0.2) is 0 Å². The summed E-state index contributed by atoms with van der Waals surface area (Å²) >= 11 is 0. The van der Waals surface area contributed by atoms with Gasteiger partial charge in [-0.1, -0.05) is 13.3 Å². The van der Waals surface area contributed by atoms with Crippen LogP contribution in [0.25, 0.3) is 0 Å². The lowest BCUT2D eigenvalue weighted by atomic mass is 10.3. The van der Waals surface area contributed by atoms with E-state index in [9.17, 15) is 14.4 Å². The number of aliphatic carboxylic acids is 1. The van der Waals surface area contributed by atoms with Gasteiger partial charge in [-0.2, -0.15) is 0 Å². The summed E-state index contributed by atoms with van der Waals surface area (Å²) in [5.74, 6) is -3.52. The SMILES string of the molecule is CCCCOC(=O)CC(=O)C(=O)O. The molecule has 0 aliphatic carbocycles. The molecule has 13 heavy (non-hydrogen) atoms. The molecule has 0 aromatic rings. The Balaban J connectivity index is 3.62. The van der Waals surface area contributed by atoms with E-state index in [0.29, 0.717) is 6.42 Å². The number of carboxylic acids is 1. The fourth-order valence-electron chi connectivity index (χ4n) is 0.588. The smallest absolute Gasteiger partial charge is 0.372 e. The summed E-state index contributed by atoms with van der Waals surface area (Å²) in [6, 6.07) is 0. The summed E-state index contributed by atoms with van der Waals surface area (Å²) in [6.45, 7) is 2.17. The molecule has 0 rings (SSSR count). The predicted molar refractivity (Wildman–Crippen MR) is 43.1 cm³/mol. The highest BCUT2D eigenvalue weighted by molar-refractivity contribution is 6.35. The first-order chi connectivity index (χ1) is 6.07. The monoisotopic (exact) mass is 188 g/mol. The maximum Gasteiger partial charge on any atom is 0.372 e. The van der Waals surface area contributed by atoms with Crippen LogP contribution >= 0.6 is 0 Å². The van der Waals surface area contributed by atoms with Crippen LogP contribution in [-0.2, 0) is 19.1 Å². The molecule has 0 amide bonds. The van der Waals surface area contributed by atoms with Gasteiger partial charge in [0.2, 0.25) is 0 Å². The molecule has 74 valence electrons. The molecule has 0 aliphatic rings. The summed E-state index contributed by atoms with van der Waals surface area (Å²) < 4.78 is 4.58. The normalized spacial score (nSPS) is 9.31. The van der Waals surface area contributed by atoms with Crippen LogP contribution in [-0.4, -0.2) is 29.4 Å². The molecule has 5 nitrogen and oxygen atoms in total. The average molecular weight is 188 g/mol. The molecule has 0 saturated carbocycles. The van der Waals surface area contributed by atoms with E-state index < -0.39 is 24.1 Å². The van der Waals surface area contributed by atoms with Gasteiger partial charge in [0.05, 0.1) is 6.61 Å². The third-order valence-electron chi connectivity index (χ3n) is 1.30. The predicted octanol–water partition coefficient (Wildman–Crippen LogP) is 0.374. The van der Waals surface area contributed by atoms with Crippen molar-refractivity contribution in [3.63, 3.8) is 0 Å². The van der Waals surface area contributed by atoms with E-state index in [2.05, 4.69) is 4.74 Å². The second-order valence-corrected chi connectivity index (χ2v) is 2.48. The van der Waals surface area contributed by atoms with Crippen molar-refractivity contribution >= 4 is 17.7 Å². The first-order valence-electron chi connectivity index (χ1n) is 3.99. The molecule has 0 aromatic heterocycles. The summed E-state index contributed by atoms with van der Waals surface area (Å²) in [6.07, 6.45) is 0.909. The number of hydrogen-bond donors (Lipinski definition) is 1. The van der Waals surface area contributed by atoms with Crippen LogP contribution in [0.1, 0.15) is 26.2 Å². The summed E-state index contributed by atoms with van der Waals surface area (Å²) in [5.41, 5.74) is 0. The second-order valence-electron chi connectivity index (χ2n) is 2.48. The number of carbonyl (C=O) groups is 3. The number of carboxylic acid groups (broad SMARTS) is 1. The molecule has 0 saturated heterocycles. The standard InChI is InChI=1S/C8H12O5/c1-2-3-4-13-7(10)5-6(9)8(11)12/h2-5H2,1H3,(H,11,12). The van der Waals surface area contributed by atoms with Gasteiger partial charge < -0.3 is 9.84 Å². The van der Waals surface area contributed by atoms with Gasteiger partial charge in [0.1, 0.15) is 6.42 Å². The number of esters is 1. The summed E-state index contributed by atoms with van der Waals surface area (Å²) in [5, 5.41) is 8.15.